The number of likely N-dealkylation sites (N-methyl/N-ethyl adjacent to an activating group) is 1. The van der Waals surface area contributed by atoms with Crippen LogP contribution in [0.4, 0.5) is 16.6 Å². The maximum atomic E-state index is 11.3. The van der Waals surface area contributed by atoms with Crippen LogP contribution in [0, 0.1) is 13.8 Å². The molecule has 2 aromatic rings. The van der Waals surface area contributed by atoms with Crippen molar-refractivity contribution in [1.82, 2.24) is 24.6 Å². The fourth-order valence-corrected chi connectivity index (χ4v) is 4.45. The Hall–Kier alpha value is -2.66. The summed E-state index contributed by atoms with van der Waals surface area (Å²) in [6.07, 6.45) is -0.188. The molecule has 0 saturated carbocycles. The van der Waals surface area contributed by atoms with E-state index in [0.29, 0.717) is 31.3 Å². The topological polar surface area (TPSA) is 123 Å². The summed E-state index contributed by atoms with van der Waals surface area (Å²) >= 11 is 0. The summed E-state index contributed by atoms with van der Waals surface area (Å²) in [4.78, 5) is 23.5. The monoisotopic (exact) mass is 461 g/mol. The minimum Gasteiger partial charge on any atom is -0.465 e. The van der Waals surface area contributed by atoms with Gasteiger partial charge in [0.15, 0.2) is 0 Å². The molecule has 1 aliphatic heterocycles. The van der Waals surface area contributed by atoms with Gasteiger partial charge in [0.05, 0.1) is 11.7 Å². The second-order valence-corrected chi connectivity index (χ2v) is 15.3. The first-order chi connectivity index (χ1) is 15.0. The molecular formula is C21H35N7O3Si. The van der Waals surface area contributed by atoms with Gasteiger partial charge in [-0.25, -0.2) is 14.5 Å². The van der Waals surface area contributed by atoms with Crippen molar-refractivity contribution in [3.05, 3.63) is 17.3 Å². The van der Waals surface area contributed by atoms with Gasteiger partial charge in [0.2, 0.25) is 5.95 Å². The molecule has 1 atom stereocenters. The summed E-state index contributed by atoms with van der Waals surface area (Å²) < 4.78 is 7.74. The molecule has 3 heterocycles. The van der Waals surface area contributed by atoms with Gasteiger partial charge >= 0.3 is 6.09 Å². The van der Waals surface area contributed by atoms with Gasteiger partial charge in [-0.05, 0) is 31.9 Å². The molecule has 32 heavy (non-hydrogen) atoms. The van der Waals surface area contributed by atoms with E-state index in [1.54, 1.807) is 7.05 Å². The second kappa shape index (κ2) is 9.45. The van der Waals surface area contributed by atoms with Crippen molar-refractivity contribution in [3.8, 4) is 11.4 Å². The van der Waals surface area contributed by atoms with Crippen molar-refractivity contribution in [1.29, 1.82) is 0 Å². The highest BCUT2D eigenvalue weighted by molar-refractivity contribution is 6.76. The molecule has 1 aliphatic rings. The Bertz CT molecular complexity index is 973. The van der Waals surface area contributed by atoms with Gasteiger partial charge in [0, 0.05) is 46.6 Å². The molecule has 1 saturated heterocycles. The summed E-state index contributed by atoms with van der Waals surface area (Å²) in [5, 5.41) is 14.0. The van der Waals surface area contributed by atoms with Crippen LogP contribution in [0.25, 0.3) is 11.4 Å². The number of aromatic nitrogens is 4. The van der Waals surface area contributed by atoms with E-state index in [0.717, 1.165) is 36.0 Å². The fourth-order valence-electron chi connectivity index (χ4n) is 3.69. The number of anilines is 2. The van der Waals surface area contributed by atoms with Crippen LogP contribution in [0.15, 0.2) is 6.07 Å². The lowest BCUT2D eigenvalue weighted by atomic mass is 10.1. The van der Waals surface area contributed by atoms with Gasteiger partial charge in [-0.2, -0.15) is 10.1 Å². The van der Waals surface area contributed by atoms with Gasteiger partial charge in [-0.1, -0.05) is 19.6 Å². The minimum atomic E-state index is -1.14. The maximum Gasteiger partial charge on any atom is 0.407 e. The van der Waals surface area contributed by atoms with Crippen molar-refractivity contribution >= 4 is 25.9 Å². The number of nitrogens with two attached hydrogens (primary N) is 1. The van der Waals surface area contributed by atoms with Crippen LogP contribution in [0.5, 0.6) is 0 Å². The molecule has 3 N–H and O–H groups in total. The van der Waals surface area contributed by atoms with Crippen molar-refractivity contribution in [2.45, 2.75) is 58.7 Å². The van der Waals surface area contributed by atoms with Crippen LogP contribution in [0.2, 0.25) is 25.7 Å². The minimum absolute atomic E-state index is 0.0800. The second-order valence-electron chi connectivity index (χ2n) is 9.66. The zero-order chi connectivity index (χ0) is 23.6. The number of nitrogens with zero attached hydrogens (tertiary/aromatic N) is 6. The summed E-state index contributed by atoms with van der Waals surface area (Å²) in [5.41, 5.74) is 9.49. The maximum absolute atomic E-state index is 11.3. The molecule has 2 aromatic heterocycles. The molecule has 0 aromatic carbocycles. The lowest BCUT2D eigenvalue weighted by Gasteiger charge is -2.22. The van der Waals surface area contributed by atoms with Crippen LogP contribution in [0.3, 0.4) is 0 Å². The number of carboxylic acid groups (broad SMARTS) is 1. The predicted molar refractivity (Wildman–Crippen MR) is 128 cm³/mol. The average molecular weight is 462 g/mol. The van der Waals surface area contributed by atoms with E-state index in [4.69, 9.17) is 15.6 Å². The van der Waals surface area contributed by atoms with Gasteiger partial charge in [0.25, 0.3) is 0 Å². The first kappa shape index (κ1) is 24.0. The Balaban J connectivity index is 1.77. The lowest BCUT2D eigenvalue weighted by Crippen LogP contribution is -2.38. The largest absolute Gasteiger partial charge is 0.465 e. The number of rotatable bonds is 8. The number of hydrogen-bond acceptors (Lipinski definition) is 7. The van der Waals surface area contributed by atoms with E-state index >= 15 is 0 Å². The van der Waals surface area contributed by atoms with Crippen LogP contribution in [-0.2, 0) is 11.5 Å². The van der Waals surface area contributed by atoms with Crippen LogP contribution < -0.4 is 10.6 Å². The van der Waals surface area contributed by atoms with E-state index in [1.807, 2.05) is 29.5 Å². The summed E-state index contributed by atoms with van der Waals surface area (Å²) in [6, 6.07) is 2.91. The third-order valence-corrected chi connectivity index (χ3v) is 7.73. The van der Waals surface area contributed by atoms with E-state index in [-0.39, 0.29) is 12.0 Å². The van der Waals surface area contributed by atoms with E-state index < -0.39 is 14.2 Å². The molecule has 1 unspecified atom stereocenters. The van der Waals surface area contributed by atoms with Crippen molar-refractivity contribution in [2.24, 2.45) is 0 Å². The van der Waals surface area contributed by atoms with Crippen molar-refractivity contribution in [2.75, 3.05) is 37.4 Å². The first-order valence-corrected chi connectivity index (χ1v) is 14.6. The Morgan fingerprint density at radius 1 is 1.34 bits per heavy atom. The molecule has 11 heteroatoms. The molecule has 176 valence electrons. The highest BCUT2D eigenvalue weighted by atomic mass is 28.3. The highest BCUT2D eigenvalue weighted by Gasteiger charge is 2.29. The van der Waals surface area contributed by atoms with Gasteiger partial charge in [-0.3, -0.25) is 0 Å². The molecule has 10 nitrogen and oxygen atoms in total. The fraction of sp³-hybridized carbons (Fsp3) is 0.619. The third-order valence-electron chi connectivity index (χ3n) is 6.03. The third kappa shape index (κ3) is 5.57. The van der Waals surface area contributed by atoms with E-state index in [9.17, 15) is 9.90 Å². The average Bonchev–Trinajstić information content (AvgIpc) is 3.30. The van der Waals surface area contributed by atoms with E-state index in [1.165, 1.54) is 4.90 Å². The molecule has 0 bridgehead atoms. The van der Waals surface area contributed by atoms with Gasteiger partial charge in [0.1, 0.15) is 18.2 Å². The first-order valence-electron chi connectivity index (χ1n) is 10.9. The Morgan fingerprint density at radius 2 is 2.06 bits per heavy atom. The normalized spacial score (nSPS) is 16.6. The number of ether oxygens (including phenoxy) is 1. The summed E-state index contributed by atoms with van der Waals surface area (Å²) in [7, 11) is 0.461. The number of hydrogen-bond donors (Lipinski definition) is 2. The Kier molecular flexibility index (Phi) is 7.08. The molecule has 1 amide bonds. The quantitative estimate of drug-likeness (QED) is 0.454. The zero-order valence-corrected chi connectivity index (χ0v) is 20.9. The molecule has 0 radical (unpaired) electrons. The van der Waals surface area contributed by atoms with Crippen LogP contribution in [-0.4, -0.2) is 76.7 Å². The lowest BCUT2D eigenvalue weighted by molar-refractivity contribution is 0.0772. The Morgan fingerprint density at radius 3 is 2.72 bits per heavy atom. The molecule has 0 aliphatic carbocycles. The SMILES string of the molecule is Cc1c(-c2cc(N3CCC(N(C)C(=O)O)C3)nc(N)n2)nn(COCC[Si](C)(C)C)c1C. The number of carbonyl (C=O) groups is 1. The number of nitrogen functional groups attached to an aromatic ring is 1. The van der Waals surface area contributed by atoms with Gasteiger partial charge in [-0.15, -0.1) is 0 Å². The van der Waals surface area contributed by atoms with Crippen molar-refractivity contribution in [3.63, 3.8) is 0 Å². The molecule has 1 fully saturated rings. The van der Waals surface area contributed by atoms with E-state index in [2.05, 4.69) is 29.6 Å². The number of amides is 1. The molecular weight excluding hydrogens is 426 g/mol. The standard InChI is InChI=1S/C21H35N7O3Si/c1-14-15(2)28(13-31-9-10-32(4,5)6)25-19(14)17-11-18(24-20(22)23-17)27-8-7-16(12-27)26(3)21(29)30/h11,16H,7-10,12-13H2,1-6H3,(H,29,30)(H2,22,23,24). The molecule has 3 rings (SSSR count). The highest BCUT2D eigenvalue weighted by Crippen LogP contribution is 2.28. The van der Waals surface area contributed by atoms with Crippen LogP contribution in [0.1, 0.15) is 17.7 Å². The zero-order valence-electron chi connectivity index (χ0n) is 19.9. The predicted octanol–water partition coefficient (Wildman–Crippen LogP) is 3.04. The molecule has 0 spiro atoms. The van der Waals surface area contributed by atoms with Crippen LogP contribution >= 0.6 is 0 Å². The van der Waals surface area contributed by atoms with Gasteiger partial charge < -0.3 is 25.4 Å². The van der Waals surface area contributed by atoms with Crippen molar-refractivity contribution < 1.29 is 14.6 Å². The smallest absolute Gasteiger partial charge is 0.407 e. The summed E-state index contributed by atoms with van der Waals surface area (Å²) in [5.74, 6) is 0.859. The Labute approximate surface area is 190 Å². The summed E-state index contributed by atoms with van der Waals surface area (Å²) in [6.45, 7) is 13.4.